The van der Waals surface area contributed by atoms with Crippen molar-refractivity contribution in [3.8, 4) is 0 Å². The molecule has 2 aliphatic rings. The predicted octanol–water partition coefficient (Wildman–Crippen LogP) is 3.01. The summed E-state index contributed by atoms with van der Waals surface area (Å²) in [6.45, 7) is 3.68. The molecule has 0 N–H and O–H groups in total. The fourth-order valence-corrected chi connectivity index (χ4v) is 2.28. The highest BCUT2D eigenvalue weighted by molar-refractivity contribution is 5.64. The van der Waals surface area contributed by atoms with E-state index in [-0.39, 0.29) is 6.10 Å². The molecule has 1 saturated heterocycles. The van der Waals surface area contributed by atoms with E-state index in [4.69, 9.17) is 9.47 Å². The Bertz CT molecular complexity index is 241. The van der Waals surface area contributed by atoms with Crippen LogP contribution < -0.4 is 0 Å². The third kappa shape index (κ3) is 2.08. The van der Waals surface area contributed by atoms with E-state index in [2.05, 4.69) is 6.58 Å². The van der Waals surface area contributed by atoms with Crippen LogP contribution in [0.4, 0.5) is 4.79 Å². The smallest absolute Gasteiger partial charge is 0.422 e. The van der Waals surface area contributed by atoms with Gasteiger partial charge in [-0.25, -0.2) is 4.79 Å². The summed E-state index contributed by atoms with van der Waals surface area (Å²) >= 11 is 0. The van der Waals surface area contributed by atoms with Gasteiger partial charge in [0, 0.05) is 0 Å². The number of ether oxygens (including phenoxy) is 2. The fraction of sp³-hybridized carbons (Fsp3) is 0.727. The van der Waals surface area contributed by atoms with Gasteiger partial charge in [0.25, 0.3) is 0 Å². The van der Waals surface area contributed by atoms with E-state index >= 15 is 0 Å². The Balaban J connectivity index is 1.84. The zero-order valence-corrected chi connectivity index (χ0v) is 8.33. The number of rotatable bonds is 2. The minimum Gasteiger partial charge on any atom is -0.422 e. The van der Waals surface area contributed by atoms with Crippen LogP contribution in [0.5, 0.6) is 0 Å². The predicted molar refractivity (Wildman–Crippen MR) is 51.7 cm³/mol. The average Bonchev–Trinajstić information content (AvgIpc) is 2.47. The molecule has 1 heterocycles. The van der Waals surface area contributed by atoms with Crippen LogP contribution in [-0.2, 0) is 9.47 Å². The van der Waals surface area contributed by atoms with Gasteiger partial charge in [0.2, 0.25) is 0 Å². The molecule has 2 rings (SSSR count). The van der Waals surface area contributed by atoms with Gasteiger partial charge in [-0.1, -0.05) is 38.7 Å². The highest BCUT2D eigenvalue weighted by Gasteiger charge is 2.32. The van der Waals surface area contributed by atoms with E-state index in [1.807, 2.05) is 0 Å². The molecule has 1 aliphatic carbocycles. The number of carbonyl (C=O) groups is 1. The summed E-state index contributed by atoms with van der Waals surface area (Å²) in [4.78, 5) is 10.8. The van der Waals surface area contributed by atoms with Gasteiger partial charge >= 0.3 is 6.16 Å². The molecule has 78 valence electrons. The fourth-order valence-electron chi connectivity index (χ4n) is 2.28. The van der Waals surface area contributed by atoms with E-state index in [1.54, 1.807) is 0 Å². The first-order valence-corrected chi connectivity index (χ1v) is 5.33. The maximum absolute atomic E-state index is 10.8. The number of hydrogen-bond donors (Lipinski definition) is 0. The Morgan fingerprint density at radius 3 is 2.57 bits per heavy atom. The van der Waals surface area contributed by atoms with Crippen LogP contribution in [0.3, 0.4) is 0 Å². The lowest BCUT2D eigenvalue weighted by atomic mass is 9.85. The molecule has 0 aromatic carbocycles. The van der Waals surface area contributed by atoms with Crippen molar-refractivity contribution in [1.29, 1.82) is 0 Å². The maximum Gasteiger partial charge on any atom is 0.514 e. The van der Waals surface area contributed by atoms with E-state index in [9.17, 15) is 4.79 Å². The largest absolute Gasteiger partial charge is 0.514 e. The normalized spacial score (nSPS) is 28.7. The van der Waals surface area contributed by atoms with Crippen molar-refractivity contribution in [3.05, 3.63) is 12.3 Å². The Morgan fingerprint density at radius 1 is 1.29 bits per heavy atom. The summed E-state index contributed by atoms with van der Waals surface area (Å²) in [7, 11) is 0. The van der Waals surface area contributed by atoms with Crippen molar-refractivity contribution < 1.29 is 14.3 Å². The monoisotopic (exact) mass is 196 g/mol. The molecule has 3 nitrogen and oxygen atoms in total. The minimum absolute atomic E-state index is 0.189. The van der Waals surface area contributed by atoms with E-state index in [1.165, 1.54) is 32.1 Å². The summed E-state index contributed by atoms with van der Waals surface area (Å²) in [6.07, 6.45) is 6.57. The van der Waals surface area contributed by atoms with Gasteiger partial charge in [-0.05, 0) is 12.3 Å². The first-order valence-electron chi connectivity index (χ1n) is 5.33. The Morgan fingerprint density at radius 2 is 2.00 bits per heavy atom. The van der Waals surface area contributed by atoms with Crippen LogP contribution in [0, 0.1) is 5.92 Å². The molecule has 14 heavy (non-hydrogen) atoms. The van der Waals surface area contributed by atoms with E-state index < -0.39 is 6.16 Å². The van der Waals surface area contributed by atoms with Crippen molar-refractivity contribution >= 4 is 6.16 Å². The Kier molecular flexibility index (Phi) is 2.75. The number of carbonyl (C=O) groups excluding carboxylic acids is 1. The second-order valence-electron chi connectivity index (χ2n) is 4.16. The van der Waals surface area contributed by atoms with Crippen LogP contribution in [0.25, 0.3) is 0 Å². The molecule has 0 aromatic heterocycles. The SMILES string of the molecule is C=C1OC(=O)OC1CC1CCCCC1. The maximum atomic E-state index is 10.8. The van der Waals surface area contributed by atoms with Gasteiger partial charge in [-0.3, -0.25) is 0 Å². The van der Waals surface area contributed by atoms with E-state index in [0.717, 1.165) is 6.42 Å². The van der Waals surface area contributed by atoms with Crippen LogP contribution in [-0.4, -0.2) is 12.3 Å². The van der Waals surface area contributed by atoms with Gasteiger partial charge in [-0.2, -0.15) is 0 Å². The highest BCUT2D eigenvalue weighted by Crippen LogP contribution is 2.31. The summed E-state index contributed by atoms with van der Waals surface area (Å²) < 4.78 is 9.78. The summed E-state index contributed by atoms with van der Waals surface area (Å²) in [5, 5.41) is 0. The molecule has 1 aliphatic heterocycles. The summed E-state index contributed by atoms with van der Waals surface area (Å²) in [5.41, 5.74) is 0. The molecule has 1 saturated carbocycles. The highest BCUT2D eigenvalue weighted by atomic mass is 16.8. The van der Waals surface area contributed by atoms with Crippen LogP contribution in [0.2, 0.25) is 0 Å². The minimum atomic E-state index is -0.587. The van der Waals surface area contributed by atoms with Gasteiger partial charge < -0.3 is 9.47 Å². The van der Waals surface area contributed by atoms with Gasteiger partial charge in [-0.15, -0.1) is 0 Å². The van der Waals surface area contributed by atoms with Crippen LogP contribution in [0.15, 0.2) is 12.3 Å². The Hall–Kier alpha value is -0.990. The molecular weight excluding hydrogens is 180 g/mol. The van der Waals surface area contributed by atoms with Crippen molar-refractivity contribution in [3.63, 3.8) is 0 Å². The molecule has 1 unspecified atom stereocenters. The van der Waals surface area contributed by atoms with Crippen molar-refractivity contribution in [2.75, 3.05) is 0 Å². The van der Waals surface area contributed by atoms with Gasteiger partial charge in [0.05, 0.1) is 0 Å². The third-order valence-electron chi connectivity index (χ3n) is 3.08. The van der Waals surface area contributed by atoms with Crippen LogP contribution >= 0.6 is 0 Å². The van der Waals surface area contributed by atoms with Crippen molar-refractivity contribution in [1.82, 2.24) is 0 Å². The second-order valence-corrected chi connectivity index (χ2v) is 4.16. The molecule has 3 heteroatoms. The van der Waals surface area contributed by atoms with Gasteiger partial charge in [0.15, 0.2) is 6.10 Å². The number of hydrogen-bond acceptors (Lipinski definition) is 3. The molecule has 0 aromatic rings. The molecule has 0 amide bonds. The third-order valence-corrected chi connectivity index (χ3v) is 3.08. The molecule has 0 bridgehead atoms. The number of cyclic esters (lactones) is 2. The standard InChI is InChI=1S/C11H16O3/c1-8-10(14-11(12)13-8)7-9-5-3-2-4-6-9/h9-10H,1-7H2. The zero-order valence-electron chi connectivity index (χ0n) is 8.33. The second kappa shape index (κ2) is 4.03. The lowest BCUT2D eigenvalue weighted by Gasteiger charge is -2.22. The first kappa shape index (κ1) is 9.56. The van der Waals surface area contributed by atoms with E-state index in [0.29, 0.717) is 11.7 Å². The van der Waals surface area contributed by atoms with Gasteiger partial charge in [0.1, 0.15) is 5.76 Å². The molecule has 0 radical (unpaired) electrons. The van der Waals surface area contributed by atoms with Crippen molar-refractivity contribution in [2.45, 2.75) is 44.6 Å². The first-order chi connectivity index (χ1) is 6.75. The van der Waals surface area contributed by atoms with Crippen molar-refractivity contribution in [2.24, 2.45) is 5.92 Å². The molecule has 2 fully saturated rings. The molecular formula is C11H16O3. The molecule has 0 spiro atoms. The molecule has 1 atom stereocenters. The lowest BCUT2D eigenvalue weighted by molar-refractivity contribution is 0.108. The topological polar surface area (TPSA) is 35.5 Å². The quantitative estimate of drug-likeness (QED) is 0.637. The lowest BCUT2D eigenvalue weighted by Crippen LogP contribution is -2.16. The summed E-state index contributed by atoms with van der Waals surface area (Å²) in [5.74, 6) is 1.17. The zero-order chi connectivity index (χ0) is 9.97. The average molecular weight is 196 g/mol. The Labute approximate surface area is 84.1 Å². The summed E-state index contributed by atoms with van der Waals surface area (Å²) in [6, 6.07) is 0. The van der Waals surface area contributed by atoms with Crippen LogP contribution in [0.1, 0.15) is 38.5 Å².